The third kappa shape index (κ3) is 4.92. The number of fused-ring (bicyclic) bond motifs is 5. The number of benzene rings is 10. The zero-order valence-electron chi connectivity index (χ0n) is 28.6. The molecule has 0 N–H and O–H groups in total. The lowest BCUT2D eigenvalue weighted by molar-refractivity contribution is 1.57. The molecule has 0 aliphatic rings. The quantitative estimate of drug-likeness (QED) is 0.128. The fourth-order valence-electron chi connectivity index (χ4n) is 8.35. The summed E-state index contributed by atoms with van der Waals surface area (Å²) in [5.74, 6) is 0. The van der Waals surface area contributed by atoms with Gasteiger partial charge in [-0.15, -0.1) is 0 Å². The minimum absolute atomic E-state index is 1.20. The first-order valence-electron chi connectivity index (χ1n) is 18.0. The van der Waals surface area contributed by atoms with Crippen LogP contribution in [0.15, 0.2) is 206 Å². The molecule has 52 heavy (non-hydrogen) atoms. The van der Waals surface area contributed by atoms with Crippen LogP contribution in [0.25, 0.3) is 98.7 Å². The molecule has 0 aliphatic carbocycles. The second kappa shape index (κ2) is 12.5. The number of rotatable bonds is 5. The van der Waals surface area contributed by atoms with E-state index in [1.165, 1.54) is 98.7 Å². The van der Waals surface area contributed by atoms with Gasteiger partial charge < -0.3 is 0 Å². The van der Waals surface area contributed by atoms with Gasteiger partial charge in [0.05, 0.1) is 0 Å². The van der Waals surface area contributed by atoms with Crippen molar-refractivity contribution in [1.29, 1.82) is 0 Å². The summed E-state index contributed by atoms with van der Waals surface area (Å²) in [5, 5.41) is 10.1. The Kier molecular flexibility index (Phi) is 7.25. The first kappa shape index (κ1) is 30.1. The van der Waals surface area contributed by atoms with Crippen LogP contribution in [0.5, 0.6) is 0 Å². The highest BCUT2D eigenvalue weighted by molar-refractivity contribution is 6.29. The van der Waals surface area contributed by atoms with Gasteiger partial charge in [-0.25, -0.2) is 0 Å². The van der Waals surface area contributed by atoms with Gasteiger partial charge in [-0.1, -0.05) is 188 Å². The highest BCUT2D eigenvalue weighted by Crippen LogP contribution is 2.54. The van der Waals surface area contributed by atoms with Crippen molar-refractivity contribution >= 4 is 43.1 Å². The number of hydrogen-bond donors (Lipinski definition) is 0. The van der Waals surface area contributed by atoms with Crippen LogP contribution in [0.1, 0.15) is 0 Å². The van der Waals surface area contributed by atoms with Gasteiger partial charge in [0.15, 0.2) is 0 Å². The minimum Gasteiger partial charge on any atom is -0.0622 e. The molecule has 0 aromatic heterocycles. The van der Waals surface area contributed by atoms with Crippen LogP contribution >= 0.6 is 0 Å². The fraction of sp³-hybridized carbons (Fsp3) is 0. The molecule has 10 rings (SSSR count). The Labute approximate surface area is 303 Å². The van der Waals surface area contributed by atoms with Gasteiger partial charge in [-0.2, -0.15) is 0 Å². The van der Waals surface area contributed by atoms with Gasteiger partial charge in [0.2, 0.25) is 0 Å². The smallest absolute Gasteiger partial charge is 0.000741 e. The molecule has 242 valence electrons. The Bertz CT molecular complexity index is 2890. The van der Waals surface area contributed by atoms with Crippen LogP contribution < -0.4 is 0 Å². The van der Waals surface area contributed by atoms with Gasteiger partial charge in [-0.3, -0.25) is 0 Å². The van der Waals surface area contributed by atoms with E-state index >= 15 is 0 Å². The fourth-order valence-corrected chi connectivity index (χ4v) is 8.35. The van der Waals surface area contributed by atoms with Crippen LogP contribution in [-0.4, -0.2) is 0 Å². The molecule has 0 bridgehead atoms. The van der Waals surface area contributed by atoms with E-state index in [2.05, 4.69) is 206 Å². The molecule has 0 atom stereocenters. The van der Waals surface area contributed by atoms with E-state index in [0.29, 0.717) is 0 Å². The molecular weight excluding hydrogens is 625 g/mol. The van der Waals surface area contributed by atoms with Crippen molar-refractivity contribution in [3.8, 4) is 55.6 Å². The van der Waals surface area contributed by atoms with E-state index in [9.17, 15) is 0 Å². The van der Waals surface area contributed by atoms with Crippen molar-refractivity contribution in [2.75, 3.05) is 0 Å². The predicted molar refractivity (Wildman–Crippen MR) is 224 cm³/mol. The maximum atomic E-state index is 2.50. The molecule has 0 amide bonds. The Morgan fingerprint density at radius 2 is 0.596 bits per heavy atom. The summed E-state index contributed by atoms with van der Waals surface area (Å²) in [7, 11) is 0. The topological polar surface area (TPSA) is 0 Å². The zero-order chi connectivity index (χ0) is 34.4. The van der Waals surface area contributed by atoms with Gasteiger partial charge in [0.1, 0.15) is 0 Å². The second-order valence-electron chi connectivity index (χ2n) is 13.6. The molecule has 10 aromatic rings. The average Bonchev–Trinajstić information content (AvgIpc) is 3.23. The molecule has 0 unspecified atom stereocenters. The Balaban J connectivity index is 1.55. The van der Waals surface area contributed by atoms with E-state index in [-0.39, 0.29) is 0 Å². The standard InChI is InChI=1S/C52H34/c1-6-18-35(19-7-1)47-43-31-30-42-32-40-28-16-17-29-41(40)33-44(42)45(43)34-46-48(36-20-8-2-9-21-36)49(37-22-10-3-11-23-37)50(38-24-12-4-13-25-38)51(52(46)47)39-26-14-5-15-27-39/h1-34H. The monoisotopic (exact) mass is 658 g/mol. The SMILES string of the molecule is c1ccc(-c2c(-c3ccccc3)c(-c3ccccc3)c3c(-c4ccccc4)c4ccc5cc6ccccc6cc5c4cc3c2-c2ccccc2)cc1. The lowest BCUT2D eigenvalue weighted by Gasteiger charge is -2.27. The molecule has 0 heterocycles. The van der Waals surface area contributed by atoms with Crippen molar-refractivity contribution in [2.45, 2.75) is 0 Å². The Morgan fingerprint density at radius 1 is 0.192 bits per heavy atom. The molecule has 0 nitrogen and oxygen atoms in total. The van der Waals surface area contributed by atoms with Gasteiger partial charge in [0, 0.05) is 0 Å². The van der Waals surface area contributed by atoms with E-state index in [0.717, 1.165) is 0 Å². The van der Waals surface area contributed by atoms with Crippen molar-refractivity contribution in [1.82, 2.24) is 0 Å². The van der Waals surface area contributed by atoms with Crippen molar-refractivity contribution in [3.63, 3.8) is 0 Å². The van der Waals surface area contributed by atoms with Crippen LogP contribution in [0.3, 0.4) is 0 Å². The van der Waals surface area contributed by atoms with Gasteiger partial charge in [-0.05, 0) is 117 Å². The summed E-state index contributed by atoms with van der Waals surface area (Å²) in [6.45, 7) is 0. The van der Waals surface area contributed by atoms with Crippen LogP contribution in [-0.2, 0) is 0 Å². The summed E-state index contributed by atoms with van der Waals surface area (Å²) in [6.07, 6.45) is 0. The summed E-state index contributed by atoms with van der Waals surface area (Å²) >= 11 is 0. The van der Waals surface area contributed by atoms with E-state index in [1.54, 1.807) is 0 Å². The normalized spacial score (nSPS) is 11.5. The molecule has 0 fully saturated rings. The van der Waals surface area contributed by atoms with E-state index in [1.807, 2.05) is 0 Å². The molecular formula is C52H34. The summed E-state index contributed by atoms with van der Waals surface area (Å²) in [5.41, 5.74) is 12.3. The van der Waals surface area contributed by atoms with Crippen LogP contribution in [0, 0.1) is 0 Å². The largest absolute Gasteiger partial charge is 0.0622 e. The number of hydrogen-bond acceptors (Lipinski definition) is 0. The van der Waals surface area contributed by atoms with Crippen molar-refractivity contribution in [3.05, 3.63) is 206 Å². The van der Waals surface area contributed by atoms with Crippen LogP contribution in [0.4, 0.5) is 0 Å². The zero-order valence-corrected chi connectivity index (χ0v) is 28.6. The minimum atomic E-state index is 1.20. The summed E-state index contributed by atoms with van der Waals surface area (Å²) in [4.78, 5) is 0. The van der Waals surface area contributed by atoms with Crippen LogP contribution in [0.2, 0.25) is 0 Å². The second-order valence-corrected chi connectivity index (χ2v) is 13.6. The maximum absolute atomic E-state index is 2.50. The van der Waals surface area contributed by atoms with Gasteiger partial charge in [0.25, 0.3) is 0 Å². The summed E-state index contributed by atoms with van der Waals surface area (Å²) in [6, 6.07) is 75.7. The Morgan fingerprint density at radius 3 is 1.12 bits per heavy atom. The third-order valence-corrected chi connectivity index (χ3v) is 10.6. The summed E-state index contributed by atoms with van der Waals surface area (Å²) < 4.78 is 0. The molecule has 0 saturated carbocycles. The Hall–Kier alpha value is -6.76. The molecule has 10 aromatic carbocycles. The molecule has 0 saturated heterocycles. The maximum Gasteiger partial charge on any atom is -0.000741 e. The molecule has 0 heteroatoms. The lowest BCUT2D eigenvalue weighted by atomic mass is 9.76. The predicted octanol–water partition coefficient (Wildman–Crippen LogP) is 14.6. The molecule has 0 spiro atoms. The van der Waals surface area contributed by atoms with E-state index in [4.69, 9.17) is 0 Å². The highest BCUT2D eigenvalue weighted by atomic mass is 14.3. The van der Waals surface area contributed by atoms with Crippen molar-refractivity contribution in [2.24, 2.45) is 0 Å². The van der Waals surface area contributed by atoms with Crippen molar-refractivity contribution < 1.29 is 0 Å². The molecule has 0 radical (unpaired) electrons. The third-order valence-electron chi connectivity index (χ3n) is 10.6. The first-order valence-corrected chi connectivity index (χ1v) is 18.0. The van der Waals surface area contributed by atoms with E-state index < -0.39 is 0 Å². The average molecular weight is 659 g/mol. The van der Waals surface area contributed by atoms with Gasteiger partial charge >= 0.3 is 0 Å². The molecule has 0 aliphatic heterocycles. The highest BCUT2D eigenvalue weighted by Gasteiger charge is 2.27. The first-order chi connectivity index (χ1) is 25.8. The lowest BCUT2D eigenvalue weighted by Crippen LogP contribution is -1.99.